The van der Waals surface area contributed by atoms with Gasteiger partial charge < -0.3 is 14.6 Å². The fourth-order valence-corrected chi connectivity index (χ4v) is 3.24. The number of esters is 1. The van der Waals surface area contributed by atoms with E-state index in [4.69, 9.17) is 4.74 Å². The first-order chi connectivity index (χ1) is 13.2. The van der Waals surface area contributed by atoms with Gasteiger partial charge in [-0.25, -0.2) is 4.79 Å². The summed E-state index contributed by atoms with van der Waals surface area (Å²) in [6, 6.07) is 7.96. The number of carbonyl (C=O) groups is 2. The van der Waals surface area contributed by atoms with E-state index in [0.717, 1.165) is 11.3 Å². The second-order valence-corrected chi connectivity index (χ2v) is 7.36. The van der Waals surface area contributed by atoms with Gasteiger partial charge in [-0.15, -0.1) is 0 Å². The summed E-state index contributed by atoms with van der Waals surface area (Å²) in [7, 11) is 5.94. The molecular formula is C22H31N3O3. The topological polar surface area (TPSA) is 65.6 Å². The van der Waals surface area contributed by atoms with Crippen LogP contribution in [0.5, 0.6) is 0 Å². The van der Waals surface area contributed by atoms with Gasteiger partial charge in [0, 0.05) is 32.0 Å². The number of nitrogens with one attached hydrogen (secondary N) is 1. The first-order valence-electron chi connectivity index (χ1n) is 9.54. The van der Waals surface area contributed by atoms with Gasteiger partial charge in [0.05, 0.1) is 23.9 Å². The van der Waals surface area contributed by atoms with Gasteiger partial charge in [0.1, 0.15) is 0 Å². The van der Waals surface area contributed by atoms with E-state index >= 15 is 0 Å². The molecule has 2 aromatic rings. The summed E-state index contributed by atoms with van der Waals surface area (Å²) in [5.74, 6) is -0.432. The molecule has 0 unspecified atom stereocenters. The van der Waals surface area contributed by atoms with Crippen LogP contribution in [0.1, 0.15) is 51.5 Å². The van der Waals surface area contributed by atoms with Gasteiger partial charge in [-0.1, -0.05) is 12.1 Å². The van der Waals surface area contributed by atoms with Crippen molar-refractivity contribution < 1.29 is 14.3 Å². The predicted molar refractivity (Wildman–Crippen MR) is 112 cm³/mol. The molecule has 28 heavy (non-hydrogen) atoms. The molecule has 0 aliphatic rings. The van der Waals surface area contributed by atoms with Gasteiger partial charge in [-0.2, -0.15) is 0 Å². The van der Waals surface area contributed by atoms with Crippen molar-refractivity contribution in [3.05, 3.63) is 52.3 Å². The Morgan fingerprint density at radius 1 is 1.11 bits per heavy atom. The molecule has 1 aromatic carbocycles. The molecule has 1 aromatic heterocycles. The maximum atomic E-state index is 13.1. The highest BCUT2D eigenvalue weighted by Gasteiger charge is 2.27. The zero-order valence-electron chi connectivity index (χ0n) is 17.9. The van der Waals surface area contributed by atoms with Gasteiger partial charge in [0.25, 0.3) is 0 Å². The fourth-order valence-electron chi connectivity index (χ4n) is 3.24. The number of Topliss-reactive ketones (excluding diaryl/α,β-unsaturated/α-hetero) is 1. The number of carbonyl (C=O) groups excluding carboxylic acids is 2. The summed E-state index contributed by atoms with van der Waals surface area (Å²) in [5.41, 5.74) is 4.52. The lowest BCUT2D eigenvalue weighted by atomic mass is 10.0. The molecule has 1 heterocycles. The number of likely N-dealkylation sites (N-methyl/N-ethyl adjacent to an activating group) is 1. The number of benzene rings is 1. The first-order valence-corrected chi connectivity index (χ1v) is 9.54. The van der Waals surface area contributed by atoms with Crippen molar-refractivity contribution >= 4 is 17.4 Å². The van der Waals surface area contributed by atoms with Crippen LogP contribution >= 0.6 is 0 Å². The van der Waals surface area contributed by atoms with Crippen LogP contribution < -0.4 is 4.90 Å². The van der Waals surface area contributed by atoms with E-state index in [1.807, 2.05) is 33.0 Å². The molecule has 0 amide bonds. The minimum atomic E-state index is -0.394. The molecule has 0 saturated heterocycles. The second-order valence-electron chi connectivity index (χ2n) is 7.36. The summed E-state index contributed by atoms with van der Waals surface area (Å²) in [5, 5.41) is 0. The third-order valence-corrected chi connectivity index (χ3v) is 5.09. The summed E-state index contributed by atoms with van der Waals surface area (Å²) < 4.78 is 5.11. The van der Waals surface area contributed by atoms with Crippen LogP contribution in [0.25, 0.3) is 0 Å². The van der Waals surface area contributed by atoms with E-state index in [1.54, 1.807) is 20.8 Å². The van der Waals surface area contributed by atoms with Crippen molar-refractivity contribution in [2.24, 2.45) is 0 Å². The SMILES string of the molecule is CCOC(=O)c1c(C)[nH]c(C(=O)[C@@H](C)N(C)Cc2ccc(N(C)C)cc2)c1C. The third kappa shape index (κ3) is 4.62. The molecule has 0 saturated carbocycles. The van der Waals surface area contributed by atoms with Crippen molar-refractivity contribution in [1.82, 2.24) is 9.88 Å². The van der Waals surface area contributed by atoms with Gasteiger partial charge in [0.2, 0.25) is 0 Å². The van der Waals surface area contributed by atoms with Crippen molar-refractivity contribution in [2.75, 3.05) is 32.6 Å². The predicted octanol–water partition coefficient (Wildman–Crippen LogP) is 3.58. The number of hydrogen-bond acceptors (Lipinski definition) is 5. The molecule has 0 bridgehead atoms. The lowest BCUT2D eigenvalue weighted by Crippen LogP contribution is -2.36. The Labute approximate surface area is 167 Å². The summed E-state index contributed by atoms with van der Waals surface area (Å²) >= 11 is 0. The summed E-state index contributed by atoms with van der Waals surface area (Å²) in [6.07, 6.45) is 0. The number of rotatable bonds is 8. The van der Waals surface area contributed by atoms with Gasteiger partial charge >= 0.3 is 5.97 Å². The number of aromatic nitrogens is 1. The number of nitrogens with zero attached hydrogens (tertiary/aromatic N) is 2. The fraction of sp³-hybridized carbons (Fsp3) is 0.455. The number of hydrogen-bond donors (Lipinski definition) is 1. The second kappa shape index (κ2) is 9.06. The number of aryl methyl sites for hydroxylation is 1. The maximum Gasteiger partial charge on any atom is 0.340 e. The normalized spacial score (nSPS) is 12.1. The standard InChI is InChI=1S/C22H31N3O3/c1-8-28-22(27)19-14(2)20(23-15(19)3)21(26)16(4)25(7)13-17-9-11-18(12-10-17)24(5)6/h9-12,16,23H,8,13H2,1-7H3/t16-/m1/s1. The van der Waals surface area contributed by atoms with Crippen LogP contribution in [0.15, 0.2) is 24.3 Å². The highest BCUT2D eigenvalue weighted by atomic mass is 16.5. The number of aromatic amines is 1. The number of ketones is 1. The van der Waals surface area contributed by atoms with E-state index in [9.17, 15) is 9.59 Å². The quantitative estimate of drug-likeness (QED) is 0.556. The molecule has 0 spiro atoms. The highest BCUT2D eigenvalue weighted by Crippen LogP contribution is 2.22. The Morgan fingerprint density at radius 2 is 1.71 bits per heavy atom. The van der Waals surface area contributed by atoms with Crippen LogP contribution in [0, 0.1) is 13.8 Å². The lowest BCUT2D eigenvalue weighted by molar-refractivity contribution is 0.0525. The summed E-state index contributed by atoms with van der Waals surface area (Å²) in [4.78, 5) is 32.4. The molecule has 6 nitrogen and oxygen atoms in total. The van der Waals surface area contributed by atoms with Crippen molar-refractivity contribution in [3.8, 4) is 0 Å². The molecule has 1 atom stereocenters. The van der Waals surface area contributed by atoms with Crippen LogP contribution in [0.4, 0.5) is 5.69 Å². The van der Waals surface area contributed by atoms with E-state index in [-0.39, 0.29) is 11.8 Å². The molecule has 1 N–H and O–H groups in total. The average molecular weight is 386 g/mol. The van der Waals surface area contributed by atoms with E-state index < -0.39 is 5.97 Å². The van der Waals surface area contributed by atoms with E-state index in [0.29, 0.717) is 35.7 Å². The summed E-state index contributed by atoms with van der Waals surface area (Å²) in [6.45, 7) is 8.19. The van der Waals surface area contributed by atoms with E-state index in [2.05, 4.69) is 34.1 Å². The molecule has 2 rings (SSSR count). The Hall–Kier alpha value is -2.60. The van der Waals surface area contributed by atoms with Crippen molar-refractivity contribution in [1.29, 1.82) is 0 Å². The van der Waals surface area contributed by atoms with Crippen LogP contribution in [0.3, 0.4) is 0 Å². The van der Waals surface area contributed by atoms with Gasteiger partial charge in [-0.3, -0.25) is 9.69 Å². The largest absolute Gasteiger partial charge is 0.462 e. The smallest absolute Gasteiger partial charge is 0.340 e. The van der Waals surface area contributed by atoms with Crippen LogP contribution in [-0.4, -0.2) is 55.4 Å². The zero-order valence-corrected chi connectivity index (χ0v) is 17.9. The van der Waals surface area contributed by atoms with Crippen molar-refractivity contribution in [3.63, 3.8) is 0 Å². The Balaban J connectivity index is 2.15. The molecule has 0 radical (unpaired) electrons. The minimum absolute atomic E-state index is 0.0384. The lowest BCUT2D eigenvalue weighted by Gasteiger charge is -2.24. The molecular weight excluding hydrogens is 354 g/mol. The van der Waals surface area contributed by atoms with Crippen LogP contribution in [-0.2, 0) is 11.3 Å². The van der Waals surface area contributed by atoms with Crippen molar-refractivity contribution in [2.45, 2.75) is 40.3 Å². The van der Waals surface area contributed by atoms with Gasteiger partial charge in [0.15, 0.2) is 5.78 Å². The molecule has 152 valence electrons. The number of anilines is 1. The molecule has 0 aliphatic heterocycles. The van der Waals surface area contributed by atoms with Gasteiger partial charge in [-0.05, 0) is 58.0 Å². The molecule has 0 aliphatic carbocycles. The van der Waals surface area contributed by atoms with Crippen LogP contribution in [0.2, 0.25) is 0 Å². The Bertz CT molecular complexity index is 837. The third-order valence-electron chi connectivity index (χ3n) is 5.09. The molecule has 6 heteroatoms. The molecule has 0 fully saturated rings. The first kappa shape index (κ1) is 21.7. The monoisotopic (exact) mass is 385 g/mol. The number of ether oxygens (including phenoxy) is 1. The Kier molecular flexibility index (Phi) is 7.02. The highest BCUT2D eigenvalue weighted by molar-refractivity contribution is 6.03. The maximum absolute atomic E-state index is 13.1. The minimum Gasteiger partial charge on any atom is -0.462 e. The average Bonchev–Trinajstić information content (AvgIpc) is 2.95. The van der Waals surface area contributed by atoms with E-state index in [1.165, 1.54) is 0 Å². The Morgan fingerprint density at radius 3 is 2.25 bits per heavy atom. The number of H-pyrrole nitrogens is 1. The zero-order chi connectivity index (χ0) is 21.0.